The van der Waals surface area contributed by atoms with Crippen LogP contribution in [0.15, 0.2) is 0 Å². The van der Waals surface area contributed by atoms with Crippen LogP contribution in [0.3, 0.4) is 0 Å². The minimum atomic E-state index is -0.629. The van der Waals surface area contributed by atoms with Gasteiger partial charge in [0.15, 0.2) is 0 Å². The Balaban J connectivity index is 0.00000441. The van der Waals surface area contributed by atoms with Gasteiger partial charge in [-0.15, -0.1) is 0 Å². The van der Waals surface area contributed by atoms with Crippen molar-refractivity contribution in [2.24, 2.45) is 5.92 Å². The maximum atomic E-state index is 12.6. The van der Waals surface area contributed by atoms with Crippen molar-refractivity contribution in [2.45, 2.75) is 91.7 Å². The smallest absolute Gasteiger partial charge is 0.444 e. The number of hydrogen-bond acceptors (Lipinski definition) is 3. The SMILES string of the molecule is C[CH-]C[C@@H]1OC(C)(C)N(C(=O)OC(C)(C)C)C1CC(C)C.[Na+]. The molecule has 1 fully saturated rings. The largest absolute Gasteiger partial charge is 1.00 e. The minimum absolute atomic E-state index is 0. The van der Waals surface area contributed by atoms with Crippen molar-refractivity contribution in [1.82, 2.24) is 4.90 Å². The minimum Gasteiger partial charge on any atom is -0.444 e. The molecule has 1 amide bonds. The van der Waals surface area contributed by atoms with Crippen molar-refractivity contribution >= 4 is 6.09 Å². The van der Waals surface area contributed by atoms with Crippen LogP contribution >= 0.6 is 0 Å². The normalized spacial score (nSPS) is 24.3. The number of hydrogen-bond donors (Lipinski definition) is 0. The van der Waals surface area contributed by atoms with Gasteiger partial charge in [-0.1, -0.05) is 13.8 Å². The zero-order valence-electron chi connectivity index (χ0n) is 15.9. The molecular formula is C17H32NNaO3. The van der Waals surface area contributed by atoms with Gasteiger partial charge in [-0.25, -0.2) is 4.79 Å². The Morgan fingerprint density at radius 2 is 1.91 bits per heavy atom. The fourth-order valence-corrected chi connectivity index (χ4v) is 2.92. The first kappa shape index (κ1) is 22.2. The fourth-order valence-electron chi connectivity index (χ4n) is 2.92. The number of nitrogens with zero attached hydrogens (tertiary/aromatic N) is 1. The second-order valence-corrected chi connectivity index (χ2v) is 7.79. The molecule has 22 heavy (non-hydrogen) atoms. The Labute approximate surface area is 158 Å². The molecule has 0 aromatic rings. The first-order valence-corrected chi connectivity index (χ1v) is 7.96. The van der Waals surface area contributed by atoms with E-state index in [1.807, 2.05) is 41.5 Å². The summed E-state index contributed by atoms with van der Waals surface area (Å²) in [6.07, 6.45) is 3.63. The molecule has 0 N–H and O–H groups in total. The molecule has 0 saturated carbocycles. The Kier molecular flexibility index (Phi) is 8.45. The van der Waals surface area contributed by atoms with Crippen LogP contribution in [0.2, 0.25) is 0 Å². The summed E-state index contributed by atoms with van der Waals surface area (Å²) in [5.41, 5.74) is -1.12. The van der Waals surface area contributed by atoms with Gasteiger partial charge < -0.3 is 15.9 Å². The average molecular weight is 321 g/mol. The monoisotopic (exact) mass is 321 g/mol. The number of carbonyl (C=O) groups is 1. The molecule has 4 nitrogen and oxygen atoms in total. The summed E-state index contributed by atoms with van der Waals surface area (Å²) in [7, 11) is 0. The van der Waals surface area contributed by atoms with E-state index < -0.39 is 11.3 Å². The molecule has 0 aromatic heterocycles. The molecule has 0 aliphatic carbocycles. The van der Waals surface area contributed by atoms with E-state index in [-0.39, 0.29) is 47.8 Å². The predicted octanol–water partition coefficient (Wildman–Crippen LogP) is 1.39. The third-order valence-electron chi connectivity index (χ3n) is 3.55. The Morgan fingerprint density at radius 3 is 2.32 bits per heavy atom. The van der Waals surface area contributed by atoms with Gasteiger partial charge in [0, 0.05) is 0 Å². The van der Waals surface area contributed by atoms with Crippen molar-refractivity contribution in [3.05, 3.63) is 6.42 Å². The first-order chi connectivity index (χ1) is 9.48. The van der Waals surface area contributed by atoms with Gasteiger partial charge in [0.2, 0.25) is 0 Å². The van der Waals surface area contributed by atoms with Crippen LogP contribution in [0.4, 0.5) is 4.79 Å². The summed E-state index contributed by atoms with van der Waals surface area (Å²) in [5.74, 6) is 0.497. The van der Waals surface area contributed by atoms with Crippen LogP contribution in [0.25, 0.3) is 0 Å². The molecule has 0 bridgehead atoms. The molecular weight excluding hydrogens is 289 g/mol. The molecule has 124 valence electrons. The molecule has 1 aliphatic rings. The van der Waals surface area contributed by atoms with Gasteiger partial charge in [-0.3, -0.25) is 4.90 Å². The van der Waals surface area contributed by atoms with Crippen LogP contribution in [-0.4, -0.2) is 34.5 Å². The molecule has 0 radical (unpaired) electrons. The molecule has 1 saturated heterocycles. The van der Waals surface area contributed by atoms with Crippen molar-refractivity contribution in [3.8, 4) is 0 Å². The van der Waals surface area contributed by atoms with Crippen LogP contribution in [0.1, 0.15) is 68.2 Å². The van der Waals surface area contributed by atoms with Gasteiger partial charge in [0.05, 0.1) is 12.1 Å². The Hall–Kier alpha value is 0.230. The van der Waals surface area contributed by atoms with Crippen molar-refractivity contribution in [2.75, 3.05) is 0 Å². The van der Waals surface area contributed by atoms with E-state index in [2.05, 4.69) is 20.3 Å². The quantitative estimate of drug-likeness (QED) is 0.580. The van der Waals surface area contributed by atoms with E-state index in [9.17, 15) is 4.79 Å². The van der Waals surface area contributed by atoms with Crippen molar-refractivity contribution < 1.29 is 43.8 Å². The maximum Gasteiger partial charge on any atom is 1.00 e. The zero-order valence-corrected chi connectivity index (χ0v) is 17.9. The average Bonchev–Trinajstić information content (AvgIpc) is 2.46. The van der Waals surface area contributed by atoms with E-state index in [1.165, 1.54) is 0 Å². The standard InChI is InChI=1S/C17H32NO3.Na/c1-9-10-14-13(11-12(2)3)18(17(7,8)20-14)15(19)21-16(4,5)6;/h9,12-14H,10-11H2,1-8H3;/q-1;+1/t13?,14-;/m0./s1. The van der Waals surface area contributed by atoms with Crippen LogP contribution < -0.4 is 29.6 Å². The zero-order chi connectivity index (χ0) is 16.4. The van der Waals surface area contributed by atoms with Gasteiger partial charge in [-0.05, 0) is 47.0 Å². The number of amides is 1. The van der Waals surface area contributed by atoms with Gasteiger partial charge >= 0.3 is 35.7 Å². The predicted molar refractivity (Wildman–Crippen MR) is 84.9 cm³/mol. The summed E-state index contributed by atoms with van der Waals surface area (Å²) in [6.45, 7) is 15.9. The molecule has 1 aliphatic heterocycles. The Morgan fingerprint density at radius 1 is 1.36 bits per heavy atom. The topological polar surface area (TPSA) is 38.8 Å². The van der Waals surface area contributed by atoms with Crippen LogP contribution in [-0.2, 0) is 9.47 Å². The second-order valence-electron chi connectivity index (χ2n) is 7.79. The molecule has 0 aromatic carbocycles. The van der Waals surface area contributed by atoms with Crippen molar-refractivity contribution in [3.63, 3.8) is 0 Å². The third kappa shape index (κ3) is 6.03. The fraction of sp³-hybridized carbons (Fsp3) is 0.882. The summed E-state index contributed by atoms with van der Waals surface area (Å²) in [5, 5.41) is 0. The summed E-state index contributed by atoms with van der Waals surface area (Å²) in [4.78, 5) is 14.4. The molecule has 1 heterocycles. The summed E-state index contributed by atoms with van der Waals surface area (Å²) < 4.78 is 11.7. The van der Waals surface area contributed by atoms with Gasteiger partial charge in [0.25, 0.3) is 0 Å². The van der Waals surface area contributed by atoms with Crippen LogP contribution in [0.5, 0.6) is 0 Å². The molecule has 1 rings (SSSR count). The first-order valence-electron chi connectivity index (χ1n) is 7.96. The second kappa shape index (κ2) is 8.36. The van der Waals surface area contributed by atoms with Gasteiger partial charge in [-0.2, -0.15) is 13.3 Å². The van der Waals surface area contributed by atoms with Crippen molar-refractivity contribution in [1.29, 1.82) is 0 Å². The molecule has 2 atom stereocenters. The number of rotatable bonds is 4. The number of ether oxygens (including phenoxy) is 2. The van der Waals surface area contributed by atoms with E-state index in [0.29, 0.717) is 5.92 Å². The summed E-state index contributed by atoms with van der Waals surface area (Å²) >= 11 is 0. The molecule has 5 heteroatoms. The van der Waals surface area contributed by atoms with E-state index in [1.54, 1.807) is 4.90 Å². The number of carbonyl (C=O) groups excluding carboxylic acids is 1. The summed E-state index contributed by atoms with van der Waals surface area (Å²) in [6, 6.07) is 0.0612. The molecule has 1 unspecified atom stereocenters. The maximum absolute atomic E-state index is 12.6. The van der Waals surface area contributed by atoms with E-state index in [4.69, 9.17) is 9.47 Å². The Bertz CT molecular complexity index is 363. The van der Waals surface area contributed by atoms with Crippen LogP contribution in [0, 0.1) is 12.3 Å². The third-order valence-corrected chi connectivity index (χ3v) is 3.55. The van der Waals surface area contributed by atoms with E-state index >= 15 is 0 Å². The van der Waals surface area contributed by atoms with E-state index in [0.717, 1.165) is 12.8 Å². The van der Waals surface area contributed by atoms with Gasteiger partial charge in [0.1, 0.15) is 11.3 Å². The molecule has 0 spiro atoms.